The van der Waals surface area contributed by atoms with Gasteiger partial charge in [-0.25, -0.2) is 4.98 Å². The molecule has 0 fully saturated rings. The average Bonchev–Trinajstić information content (AvgIpc) is 3.41. The van der Waals surface area contributed by atoms with Crippen LogP contribution in [0.15, 0.2) is 89.9 Å². The molecule has 1 N–H and O–H groups in total. The zero-order valence-corrected chi connectivity index (χ0v) is 17.8. The monoisotopic (exact) mass is 455 g/mol. The topological polar surface area (TPSA) is 50.7 Å². The van der Waals surface area contributed by atoms with Gasteiger partial charge in [0.15, 0.2) is 5.78 Å². The third kappa shape index (κ3) is 2.99. The zero-order chi connectivity index (χ0) is 20.7. The molecule has 2 heterocycles. The van der Waals surface area contributed by atoms with E-state index in [1.165, 1.54) is 0 Å². The highest BCUT2D eigenvalue weighted by Gasteiger charge is 2.24. The van der Waals surface area contributed by atoms with Crippen LogP contribution in [0.25, 0.3) is 27.7 Å². The number of aromatic nitrogens is 3. The fraction of sp³-hybridized carbons (Fsp3) is 0.0400. The predicted molar refractivity (Wildman–Crippen MR) is 123 cm³/mol. The lowest BCUT2D eigenvalue weighted by Gasteiger charge is -2.10. The largest absolute Gasteiger partial charge is 0.331 e. The van der Waals surface area contributed by atoms with Crippen LogP contribution in [0.1, 0.15) is 21.6 Å². The van der Waals surface area contributed by atoms with E-state index in [9.17, 15) is 4.79 Å². The number of nitrogens with zero attached hydrogens (tertiary/aromatic N) is 2. The Morgan fingerprint density at radius 2 is 1.73 bits per heavy atom. The first-order valence-corrected chi connectivity index (χ1v) is 10.4. The van der Waals surface area contributed by atoms with E-state index in [0.717, 1.165) is 37.9 Å². The summed E-state index contributed by atoms with van der Waals surface area (Å²) < 4.78 is 2.78. The van der Waals surface area contributed by atoms with Crippen molar-refractivity contribution in [3.8, 4) is 16.9 Å². The maximum Gasteiger partial charge on any atom is 0.196 e. The molecular weight excluding hydrogens is 438 g/mol. The number of H-pyrrole nitrogens is 1. The molecule has 146 valence electrons. The minimum atomic E-state index is -0.0128. The van der Waals surface area contributed by atoms with Crippen molar-refractivity contribution < 1.29 is 4.79 Å². The summed E-state index contributed by atoms with van der Waals surface area (Å²) in [7, 11) is 0. The van der Waals surface area contributed by atoms with Crippen molar-refractivity contribution in [2.45, 2.75) is 6.92 Å². The maximum absolute atomic E-state index is 13.7. The standard InChI is InChI=1S/C25H18BrN3O/c1-16-24(25(30)20-10-4-5-12-22(20)26)21(14-29(16)23-13-27-15-28-23)19-11-6-8-17-7-2-3-9-18(17)19/h2-15H,1H3,(H,27,28). The van der Waals surface area contributed by atoms with Crippen LogP contribution in [0.2, 0.25) is 0 Å². The van der Waals surface area contributed by atoms with Crippen LogP contribution >= 0.6 is 15.9 Å². The first-order valence-electron chi connectivity index (χ1n) is 9.63. The van der Waals surface area contributed by atoms with E-state index in [1.807, 2.05) is 60.2 Å². The first-order chi connectivity index (χ1) is 14.6. The Kier molecular flexibility index (Phi) is 4.60. The summed E-state index contributed by atoms with van der Waals surface area (Å²) in [4.78, 5) is 21.0. The molecule has 0 bridgehead atoms. The molecule has 0 radical (unpaired) electrons. The van der Waals surface area contributed by atoms with Gasteiger partial charge < -0.3 is 9.55 Å². The van der Waals surface area contributed by atoms with Crippen molar-refractivity contribution in [1.82, 2.24) is 14.5 Å². The zero-order valence-electron chi connectivity index (χ0n) is 16.3. The molecule has 0 unspecified atom stereocenters. The average molecular weight is 456 g/mol. The Bertz CT molecular complexity index is 1380. The molecule has 5 rings (SSSR count). The number of nitrogens with one attached hydrogen (secondary N) is 1. The number of benzene rings is 3. The van der Waals surface area contributed by atoms with Gasteiger partial charge in [-0.3, -0.25) is 4.79 Å². The molecule has 2 aromatic heterocycles. The van der Waals surface area contributed by atoms with Gasteiger partial charge in [-0.1, -0.05) is 70.5 Å². The maximum atomic E-state index is 13.7. The molecule has 0 aliphatic carbocycles. The first kappa shape index (κ1) is 18.6. The lowest BCUT2D eigenvalue weighted by atomic mass is 9.93. The summed E-state index contributed by atoms with van der Waals surface area (Å²) in [5, 5.41) is 2.25. The van der Waals surface area contributed by atoms with Gasteiger partial charge >= 0.3 is 0 Å². The van der Waals surface area contributed by atoms with Crippen molar-refractivity contribution in [2.24, 2.45) is 0 Å². The van der Waals surface area contributed by atoms with Crippen molar-refractivity contribution >= 4 is 32.5 Å². The van der Waals surface area contributed by atoms with Crippen LogP contribution in [-0.2, 0) is 0 Å². The molecule has 0 saturated carbocycles. The third-order valence-corrected chi connectivity index (χ3v) is 6.11. The fourth-order valence-corrected chi connectivity index (χ4v) is 4.43. The SMILES string of the molecule is Cc1c(C(=O)c2ccccc2Br)c(-c2cccc3ccccc23)cn1-c1cnc[nH]1. The molecule has 5 aromatic rings. The van der Waals surface area contributed by atoms with Gasteiger partial charge in [-0.2, -0.15) is 0 Å². The number of hydrogen-bond acceptors (Lipinski definition) is 2. The van der Waals surface area contributed by atoms with Crippen molar-refractivity contribution in [3.63, 3.8) is 0 Å². The van der Waals surface area contributed by atoms with E-state index < -0.39 is 0 Å². The van der Waals surface area contributed by atoms with E-state index >= 15 is 0 Å². The number of carbonyl (C=O) groups excluding carboxylic acids is 1. The van der Waals surface area contributed by atoms with E-state index in [-0.39, 0.29) is 5.78 Å². The van der Waals surface area contributed by atoms with E-state index in [4.69, 9.17) is 0 Å². The normalized spacial score (nSPS) is 11.1. The highest BCUT2D eigenvalue weighted by atomic mass is 79.9. The molecule has 30 heavy (non-hydrogen) atoms. The summed E-state index contributed by atoms with van der Waals surface area (Å²) in [5.41, 5.74) is 4.13. The Morgan fingerprint density at radius 1 is 0.967 bits per heavy atom. The second-order valence-electron chi connectivity index (χ2n) is 7.15. The van der Waals surface area contributed by atoms with Gasteiger partial charge in [0.1, 0.15) is 5.82 Å². The molecule has 0 saturated heterocycles. The van der Waals surface area contributed by atoms with E-state index in [0.29, 0.717) is 11.1 Å². The summed E-state index contributed by atoms with van der Waals surface area (Å²) in [6.07, 6.45) is 5.42. The summed E-state index contributed by atoms with van der Waals surface area (Å²) >= 11 is 3.54. The van der Waals surface area contributed by atoms with E-state index in [2.05, 4.69) is 50.2 Å². The minimum Gasteiger partial charge on any atom is -0.331 e. The van der Waals surface area contributed by atoms with Crippen molar-refractivity contribution in [3.05, 3.63) is 107 Å². The van der Waals surface area contributed by atoms with Gasteiger partial charge in [0.2, 0.25) is 0 Å². The van der Waals surface area contributed by atoms with Gasteiger partial charge in [0.25, 0.3) is 0 Å². The predicted octanol–water partition coefficient (Wildman–Crippen LogP) is 6.32. The Labute approximate surface area is 182 Å². The molecular formula is C25H18BrN3O. The summed E-state index contributed by atoms with van der Waals surface area (Å²) in [5.74, 6) is 0.807. The number of carbonyl (C=O) groups is 1. The number of rotatable bonds is 4. The van der Waals surface area contributed by atoms with Crippen LogP contribution in [-0.4, -0.2) is 20.3 Å². The molecule has 0 atom stereocenters. The molecule has 0 aliphatic heterocycles. The molecule has 4 nitrogen and oxygen atoms in total. The van der Waals surface area contributed by atoms with Gasteiger partial charge in [-0.15, -0.1) is 0 Å². The molecule has 0 amide bonds. The van der Waals surface area contributed by atoms with Crippen LogP contribution in [0, 0.1) is 6.92 Å². The number of aromatic amines is 1. The Morgan fingerprint density at radius 3 is 2.53 bits per heavy atom. The van der Waals surface area contributed by atoms with Crippen molar-refractivity contribution in [2.75, 3.05) is 0 Å². The smallest absolute Gasteiger partial charge is 0.196 e. The fourth-order valence-electron chi connectivity index (χ4n) is 3.97. The minimum absolute atomic E-state index is 0.0128. The molecule has 3 aromatic carbocycles. The van der Waals surface area contributed by atoms with Crippen molar-refractivity contribution in [1.29, 1.82) is 0 Å². The number of ketones is 1. The van der Waals surface area contributed by atoms with Crippen LogP contribution in [0.4, 0.5) is 0 Å². The van der Waals surface area contributed by atoms with Crippen LogP contribution < -0.4 is 0 Å². The molecule has 0 aliphatic rings. The lowest BCUT2D eigenvalue weighted by molar-refractivity contribution is 0.103. The second-order valence-corrected chi connectivity index (χ2v) is 8.00. The van der Waals surface area contributed by atoms with Gasteiger partial charge in [0, 0.05) is 27.5 Å². The van der Waals surface area contributed by atoms with E-state index in [1.54, 1.807) is 12.5 Å². The molecule has 0 spiro atoms. The highest BCUT2D eigenvalue weighted by molar-refractivity contribution is 9.10. The Hall–Kier alpha value is -3.44. The third-order valence-electron chi connectivity index (χ3n) is 5.42. The second kappa shape index (κ2) is 7.43. The summed E-state index contributed by atoms with van der Waals surface area (Å²) in [6, 6.07) is 22.0. The Balaban J connectivity index is 1.81. The number of fused-ring (bicyclic) bond motifs is 1. The summed E-state index contributed by atoms with van der Waals surface area (Å²) in [6.45, 7) is 1.97. The number of imidazole rings is 1. The van der Waals surface area contributed by atoms with Crippen LogP contribution in [0.3, 0.4) is 0 Å². The highest BCUT2D eigenvalue weighted by Crippen LogP contribution is 2.36. The van der Waals surface area contributed by atoms with Crippen LogP contribution in [0.5, 0.6) is 0 Å². The molecule has 5 heteroatoms. The number of halogens is 1. The number of hydrogen-bond donors (Lipinski definition) is 1. The van der Waals surface area contributed by atoms with Gasteiger partial charge in [-0.05, 0) is 35.4 Å². The quantitative estimate of drug-likeness (QED) is 0.322. The van der Waals surface area contributed by atoms with Gasteiger partial charge in [0.05, 0.1) is 18.1 Å². The lowest BCUT2D eigenvalue weighted by Crippen LogP contribution is -2.06.